The van der Waals surface area contributed by atoms with Gasteiger partial charge in [0.15, 0.2) is 0 Å². The number of sulfonamides is 1. The van der Waals surface area contributed by atoms with E-state index in [1.54, 1.807) is 61.4 Å². The van der Waals surface area contributed by atoms with Crippen molar-refractivity contribution in [2.75, 3.05) is 10.8 Å². The quantitative estimate of drug-likeness (QED) is 0.504. The molecule has 0 saturated carbocycles. The van der Waals surface area contributed by atoms with E-state index >= 15 is 0 Å². The molecule has 0 amide bonds. The predicted molar refractivity (Wildman–Crippen MR) is 107 cm³/mol. The van der Waals surface area contributed by atoms with Crippen molar-refractivity contribution in [1.82, 2.24) is 19.1 Å². The van der Waals surface area contributed by atoms with Crippen LogP contribution in [0.3, 0.4) is 0 Å². The number of anilines is 1. The van der Waals surface area contributed by atoms with Crippen LogP contribution in [0.15, 0.2) is 90.9 Å². The van der Waals surface area contributed by atoms with Gasteiger partial charge in [-0.25, -0.2) is 18.4 Å². The summed E-state index contributed by atoms with van der Waals surface area (Å²) in [5.74, 6) is 0. The Labute approximate surface area is 163 Å². The Hall–Kier alpha value is -3.39. The standard InChI is InChI=1S/C20H19N5O2S/c1-2-25(19-5-3-17(4-6-19)23-13-11-21-15-23)28(26,27)20-9-7-18(8-10-20)24-14-12-22-16-24/h3-16H,2H2,1H3. The normalized spacial score (nSPS) is 11.5. The monoisotopic (exact) mass is 393 g/mol. The van der Waals surface area contributed by atoms with E-state index in [1.807, 2.05) is 40.6 Å². The highest BCUT2D eigenvalue weighted by Gasteiger charge is 2.23. The lowest BCUT2D eigenvalue weighted by Gasteiger charge is -2.23. The minimum absolute atomic E-state index is 0.247. The van der Waals surface area contributed by atoms with E-state index in [2.05, 4.69) is 9.97 Å². The fourth-order valence-electron chi connectivity index (χ4n) is 3.02. The van der Waals surface area contributed by atoms with Crippen LogP contribution in [0, 0.1) is 0 Å². The SMILES string of the molecule is CCN(c1ccc(-n2ccnc2)cc1)S(=O)(=O)c1ccc(-n2ccnc2)cc1. The van der Waals surface area contributed by atoms with Gasteiger partial charge >= 0.3 is 0 Å². The van der Waals surface area contributed by atoms with Crippen LogP contribution < -0.4 is 4.31 Å². The minimum atomic E-state index is -3.67. The maximum atomic E-state index is 13.2. The second kappa shape index (κ2) is 7.32. The number of aromatic nitrogens is 4. The Morgan fingerprint density at radius 1 is 0.821 bits per heavy atom. The molecule has 4 rings (SSSR count). The zero-order valence-corrected chi connectivity index (χ0v) is 16.1. The molecule has 0 fully saturated rings. The van der Waals surface area contributed by atoms with E-state index in [9.17, 15) is 8.42 Å². The third-order valence-corrected chi connectivity index (χ3v) is 6.37. The molecule has 0 saturated heterocycles. The Morgan fingerprint density at radius 3 is 1.75 bits per heavy atom. The van der Waals surface area contributed by atoms with Crippen LogP contribution >= 0.6 is 0 Å². The molecule has 0 aliphatic heterocycles. The number of hydrogen-bond donors (Lipinski definition) is 0. The summed E-state index contributed by atoms with van der Waals surface area (Å²) in [6, 6.07) is 14.1. The van der Waals surface area contributed by atoms with Gasteiger partial charge in [-0.3, -0.25) is 4.31 Å². The third-order valence-electron chi connectivity index (χ3n) is 4.45. The molecule has 0 bridgehead atoms. The fourth-order valence-corrected chi connectivity index (χ4v) is 4.50. The van der Waals surface area contributed by atoms with Crippen molar-refractivity contribution in [1.29, 1.82) is 0 Å². The van der Waals surface area contributed by atoms with E-state index < -0.39 is 10.0 Å². The number of nitrogens with zero attached hydrogens (tertiary/aromatic N) is 5. The Kier molecular flexibility index (Phi) is 4.70. The second-order valence-electron chi connectivity index (χ2n) is 6.12. The van der Waals surface area contributed by atoms with Gasteiger partial charge in [0.2, 0.25) is 0 Å². The van der Waals surface area contributed by atoms with Crippen molar-refractivity contribution in [3.05, 3.63) is 86.0 Å². The molecule has 4 aromatic rings. The van der Waals surface area contributed by atoms with Crippen LogP contribution in [-0.2, 0) is 10.0 Å². The van der Waals surface area contributed by atoms with Crippen LogP contribution in [0.4, 0.5) is 5.69 Å². The van der Waals surface area contributed by atoms with Crippen molar-refractivity contribution in [2.45, 2.75) is 11.8 Å². The Morgan fingerprint density at radius 2 is 1.32 bits per heavy atom. The Bertz CT molecular complexity index is 1130. The van der Waals surface area contributed by atoms with Crippen molar-refractivity contribution < 1.29 is 8.42 Å². The molecule has 142 valence electrons. The molecule has 0 N–H and O–H groups in total. The summed E-state index contributed by atoms with van der Waals surface area (Å²) in [4.78, 5) is 8.28. The number of benzene rings is 2. The van der Waals surface area contributed by atoms with Crippen LogP contribution in [0.5, 0.6) is 0 Å². The summed E-state index contributed by atoms with van der Waals surface area (Å²) in [5.41, 5.74) is 2.38. The summed E-state index contributed by atoms with van der Waals surface area (Å²) in [6.45, 7) is 2.15. The highest BCUT2D eigenvalue weighted by molar-refractivity contribution is 7.92. The lowest BCUT2D eigenvalue weighted by atomic mass is 10.3. The van der Waals surface area contributed by atoms with Crippen LogP contribution in [0.1, 0.15) is 6.92 Å². The molecule has 28 heavy (non-hydrogen) atoms. The average molecular weight is 393 g/mol. The topological polar surface area (TPSA) is 73.0 Å². The van der Waals surface area contributed by atoms with Gasteiger partial charge < -0.3 is 9.13 Å². The van der Waals surface area contributed by atoms with Gasteiger partial charge in [-0.2, -0.15) is 0 Å². The molecule has 0 unspecified atom stereocenters. The molecule has 0 aliphatic rings. The lowest BCUT2D eigenvalue weighted by molar-refractivity contribution is 0.592. The average Bonchev–Trinajstić information content (AvgIpc) is 3.43. The van der Waals surface area contributed by atoms with Crippen molar-refractivity contribution in [3.63, 3.8) is 0 Å². The first kappa shape index (κ1) is 18.0. The first-order valence-electron chi connectivity index (χ1n) is 8.79. The number of hydrogen-bond acceptors (Lipinski definition) is 4. The maximum Gasteiger partial charge on any atom is 0.264 e. The first-order chi connectivity index (χ1) is 13.6. The summed E-state index contributed by atoms with van der Waals surface area (Å²) in [7, 11) is -3.67. The summed E-state index contributed by atoms with van der Waals surface area (Å²) in [6.07, 6.45) is 10.4. The fraction of sp³-hybridized carbons (Fsp3) is 0.100. The summed E-state index contributed by atoms with van der Waals surface area (Å²) in [5, 5.41) is 0. The molecule has 0 spiro atoms. The number of imidazole rings is 2. The highest BCUT2D eigenvalue weighted by atomic mass is 32.2. The molecule has 2 aromatic heterocycles. The number of rotatable bonds is 6. The van der Waals surface area contributed by atoms with Crippen molar-refractivity contribution in [3.8, 4) is 11.4 Å². The summed E-state index contributed by atoms with van der Waals surface area (Å²) >= 11 is 0. The van der Waals surface area contributed by atoms with Crippen LogP contribution in [0.2, 0.25) is 0 Å². The van der Waals surface area contributed by atoms with Crippen molar-refractivity contribution in [2.24, 2.45) is 0 Å². The molecular weight excluding hydrogens is 374 g/mol. The van der Waals surface area contributed by atoms with E-state index in [4.69, 9.17) is 0 Å². The zero-order valence-electron chi connectivity index (χ0n) is 15.3. The highest BCUT2D eigenvalue weighted by Crippen LogP contribution is 2.25. The molecule has 2 heterocycles. The molecule has 2 aromatic carbocycles. The van der Waals surface area contributed by atoms with Gasteiger partial charge in [0, 0.05) is 42.7 Å². The second-order valence-corrected chi connectivity index (χ2v) is 7.98. The molecular formula is C20H19N5O2S. The maximum absolute atomic E-state index is 13.2. The zero-order chi connectivity index (χ0) is 19.6. The molecule has 0 atom stereocenters. The van der Waals surface area contributed by atoms with Gasteiger partial charge in [0.05, 0.1) is 23.2 Å². The molecule has 7 nitrogen and oxygen atoms in total. The smallest absolute Gasteiger partial charge is 0.264 e. The van der Waals surface area contributed by atoms with E-state index in [0.29, 0.717) is 12.2 Å². The first-order valence-corrected chi connectivity index (χ1v) is 10.2. The van der Waals surface area contributed by atoms with E-state index in [1.165, 1.54) is 4.31 Å². The minimum Gasteiger partial charge on any atom is -0.306 e. The van der Waals surface area contributed by atoms with Gasteiger partial charge in [0.25, 0.3) is 10.0 Å². The van der Waals surface area contributed by atoms with Crippen LogP contribution in [0.25, 0.3) is 11.4 Å². The van der Waals surface area contributed by atoms with Gasteiger partial charge in [-0.1, -0.05) is 0 Å². The van der Waals surface area contributed by atoms with Crippen LogP contribution in [-0.4, -0.2) is 34.1 Å². The van der Waals surface area contributed by atoms with Crippen molar-refractivity contribution >= 4 is 15.7 Å². The Balaban J connectivity index is 1.63. The molecule has 0 radical (unpaired) electrons. The molecule has 0 aliphatic carbocycles. The molecule has 8 heteroatoms. The third kappa shape index (κ3) is 3.29. The van der Waals surface area contributed by atoms with E-state index in [-0.39, 0.29) is 4.90 Å². The summed E-state index contributed by atoms with van der Waals surface area (Å²) < 4.78 is 31.4. The van der Waals surface area contributed by atoms with E-state index in [0.717, 1.165) is 11.4 Å². The predicted octanol–water partition coefficient (Wildman–Crippen LogP) is 3.27. The van der Waals surface area contributed by atoms with Gasteiger partial charge in [0.1, 0.15) is 0 Å². The largest absolute Gasteiger partial charge is 0.306 e. The lowest BCUT2D eigenvalue weighted by Crippen LogP contribution is -2.30. The van der Waals surface area contributed by atoms with Gasteiger partial charge in [-0.15, -0.1) is 0 Å². The van der Waals surface area contributed by atoms with Gasteiger partial charge in [-0.05, 0) is 55.5 Å².